The van der Waals surface area contributed by atoms with Crippen LogP contribution >= 0.6 is 0 Å². The summed E-state index contributed by atoms with van der Waals surface area (Å²) in [6, 6.07) is 10.8. The Kier molecular flexibility index (Phi) is 37.3. The van der Waals surface area contributed by atoms with Gasteiger partial charge in [-0.25, -0.2) is 6.92 Å². The molecule has 86 valence electrons. The monoisotopic (exact) mass is 266 g/mol. The molecule has 0 bridgehead atoms. The molecule has 0 aliphatic rings. The van der Waals surface area contributed by atoms with Crippen LogP contribution < -0.4 is 0 Å². The standard InChI is InChI=1S/C6H3.CH4O2S.2CO.Fe/c1-6-4-2-3-5-6;1-4(2)3;2*1-2;/h1H3;1H3,(H,2,3);;;/q-5;;;;/p-1. The minimum Gasteiger partial charge on any atom is 0 e. The number of hydrogen-bond acceptors (Lipinski definition) is 2. The Morgan fingerprint density at radius 1 is 1.20 bits per heavy atom. The summed E-state index contributed by atoms with van der Waals surface area (Å²) in [4.78, 5) is 0. The summed E-state index contributed by atoms with van der Waals surface area (Å²) in [5.74, 6) is 0. The SMILES string of the molecule is CS(=O)[O-].C[c-]1[c-][c-][c-][c-]1.[C-]#[O+].[C-]#[O+].[Fe]. The minimum atomic E-state index is -1.86. The third-order valence-corrected chi connectivity index (χ3v) is 0.562. The van der Waals surface area contributed by atoms with Crippen LogP contribution in [-0.4, -0.2) is 15.0 Å². The Bertz CT molecular complexity index is 244. The molecule has 1 atom stereocenters. The van der Waals surface area contributed by atoms with Gasteiger partial charge in [0.15, 0.2) is 0 Å². The number of aryl methyl sites for hydroxylation is 1. The van der Waals surface area contributed by atoms with Crippen LogP contribution in [-0.2, 0) is 37.5 Å². The van der Waals surface area contributed by atoms with E-state index < -0.39 is 11.1 Å². The van der Waals surface area contributed by atoms with E-state index in [1.54, 1.807) is 0 Å². The normalized spacial score (nSPS) is 7.93. The van der Waals surface area contributed by atoms with Gasteiger partial charge in [0.2, 0.25) is 0 Å². The summed E-state index contributed by atoms with van der Waals surface area (Å²) in [5, 5.41) is 0. The van der Waals surface area contributed by atoms with Gasteiger partial charge >= 0.3 is 22.6 Å². The first-order valence-corrected chi connectivity index (χ1v) is 4.38. The molecule has 0 spiro atoms. The number of rotatable bonds is 0. The van der Waals surface area contributed by atoms with E-state index in [1.165, 1.54) is 0 Å². The first-order chi connectivity index (χ1) is 6.63. The summed E-state index contributed by atoms with van der Waals surface area (Å²) < 4.78 is 33.0. The Morgan fingerprint density at radius 2 is 1.40 bits per heavy atom. The fraction of sp³-hybridized carbons (Fsp3) is 0.222. The smallest absolute Gasteiger partial charge is 0 e. The van der Waals surface area contributed by atoms with Gasteiger partial charge in [-0.1, -0.05) is 11.1 Å². The van der Waals surface area contributed by atoms with Crippen molar-refractivity contribution >= 4 is 11.1 Å². The zero-order valence-electron chi connectivity index (χ0n) is 7.89. The first-order valence-electron chi connectivity index (χ1n) is 2.90. The molecule has 1 unspecified atom stereocenters. The van der Waals surface area contributed by atoms with Crippen LogP contribution in [0, 0.1) is 44.5 Å². The van der Waals surface area contributed by atoms with Crippen molar-refractivity contribution in [2.75, 3.05) is 6.26 Å². The van der Waals surface area contributed by atoms with Crippen molar-refractivity contribution in [2.24, 2.45) is 0 Å². The van der Waals surface area contributed by atoms with Crippen LogP contribution in [0.3, 0.4) is 0 Å². The molecule has 0 aliphatic carbocycles. The van der Waals surface area contributed by atoms with Crippen molar-refractivity contribution in [3.05, 3.63) is 43.1 Å². The molecule has 0 saturated heterocycles. The third kappa shape index (κ3) is 42.4. The van der Waals surface area contributed by atoms with E-state index in [0.717, 1.165) is 11.8 Å². The second kappa shape index (κ2) is 23.4. The average molecular weight is 266 g/mol. The maximum Gasteiger partial charge on any atom is 0 e. The Morgan fingerprint density at radius 3 is 1.47 bits per heavy atom. The second-order valence-corrected chi connectivity index (χ2v) is 2.33. The topological polar surface area (TPSA) is 79.9 Å². The molecule has 0 radical (unpaired) electrons. The van der Waals surface area contributed by atoms with Crippen molar-refractivity contribution in [2.45, 2.75) is 6.92 Å². The van der Waals surface area contributed by atoms with Crippen LogP contribution in [0.5, 0.6) is 0 Å². The van der Waals surface area contributed by atoms with Gasteiger partial charge in [-0.05, 0) is 6.26 Å². The molecule has 0 amide bonds. The summed E-state index contributed by atoms with van der Waals surface area (Å²) >= 11 is -1.86. The Balaban J connectivity index is -0.0000000601. The van der Waals surface area contributed by atoms with Gasteiger partial charge in [-0.2, -0.15) is 0 Å². The average Bonchev–Trinajstić information content (AvgIpc) is 2.62. The minimum absolute atomic E-state index is 0. The number of hydrogen-bond donors (Lipinski definition) is 0. The summed E-state index contributed by atoms with van der Waals surface area (Å²) in [6.07, 6.45) is 1.08. The van der Waals surface area contributed by atoms with Gasteiger partial charge in [0.1, 0.15) is 0 Å². The van der Waals surface area contributed by atoms with E-state index in [4.69, 9.17) is 18.1 Å². The van der Waals surface area contributed by atoms with Crippen molar-refractivity contribution in [3.8, 4) is 0 Å². The molecular formula is C9H6FeO4S-6. The molecule has 0 N–H and O–H groups in total. The van der Waals surface area contributed by atoms with Crippen LogP contribution in [0.1, 0.15) is 5.56 Å². The van der Waals surface area contributed by atoms with Crippen LogP contribution in [0.25, 0.3) is 0 Å². The van der Waals surface area contributed by atoms with Gasteiger partial charge < -0.3 is 34.4 Å². The molecule has 1 aromatic rings. The molecular weight excluding hydrogens is 260 g/mol. The summed E-state index contributed by atoms with van der Waals surface area (Å²) in [7, 11) is 0. The van der Waals surface area contributed by atoms with Gasteiger partial charge in [0.25, 0.3) is 0 Å². The zero-order valence-corrected chi connectivity index (χ0v) is 9.82. The van der Waals surface area contributed by atoms with Gasteiger partial charge in [-0.15, -0.1) is 0 Å². The van der Waals surface area contributed by atoms with E-state index in [9.17, 15) is 0 Å². The maximum absolute atomic E-state index is 9.00. The molecule has 0 aromatic heterocycles. The van der Waals surface area contributed by atoms with Gasteiger partial charge in [0, 0.05) is 17.1 Å². The van der Waals surface area contributed by atoms with Crippen molar-refractivity contribution in [1.82, 2.24) is 0 Å². The molecule has 6 heteroatoms. The van der Waals surface area contributed by atoms with E-state index in [0.29, 0.717) is 0 Å². The Hall–Kier alpha value is -0.541. The van der Waals surface area contributed by atoms with Gasteiger partial charge in [0.05, 0.1) is 0 Å². The van der Waals surface area contributed by atoms with Crippen molar-refractivity contribution < 1.29 is 35.1 Å². The van der Waals surface area contributed by atoms with E-state index in [1.807, 2.05) is 6.92 Å². The van der Waals surface area contributed by atoms with Crippen LogP contribution in [0.2, 0.25) is 0 Å². The fourth-order valence-corrected chi connectivity index (χ4v) is 0.281. The van der Waals surface area contributed by atoms with Gasteiger partial charge in [-0.3, -0.25) is 4.21 Å². The maximum atomic E-state index is 9.00. The van der Waals surface area contributed by atoms with Crippen LogP contribution in [0.15, 0.2) is 0 Å². The quantitative estimate of drug-likeness (QED) is 0.293. The fourth-order valence-electron chi connectivity index (χ4n) is 0.281. The summed E-state index contributed by atoms with van der Waals surface area (Å²) in [5.41, 5.74) is 0.981. The predicted molar refractivity (Wildman–Crippen MR) is 44.8 cm³/mol. The van der Waals surface area contributed by atoms with E-state index >= 15 is 0 Å². The Labute approximate surface area is 103 Å². The molecule has 0 heterocycles. The molecule has 0 aliphatic heterocycles. The van der Waals surface area contributed by atoms with Crippen molar-refractivity contribution in [3.63, 3.8) is 0 Å². The van der Waals surface area contributed by atoms with Crippen LogP contribution in [0.4, 0.5) is 0 Å². The molecule has 1 aromatic carbocycles. The van der Waals surface area contributed by atoms with E-state index in [-0.39, 0.29) is 17.1 Å². The largest absolute Gasteiger partial charge is 0 e. The molecule has 4 nitrogen and oxygen atoms in total. The molecule has 0 fully saturated rings. The van der Waals surface area contributed by atoms with E-state index in [2.05, 4.69) is 37.6 Å². The first kappa shape index (κ1) is 23.9. The molecule has 15 heavy (non-hydrogen) atoms. The molecule has 1 rings (SSSR count). The second-order valence-electron chi connectivity index (χ2n) is 1.53. The predicted octanol–water partition coefficient (Wildman–Crippen LogP) is 0.332. The van der Waals surface area contributed by atoms with Crippen molar-refractivity contribution in [1.29, 1.82) is 0 Å². The summed E-state index contributed by atoms with van der Waals surface area (Å²) in [6.45, 7) is 10.9. The molecule has 0 saturated carbocycles. The zero-order chi connectivity index (χ0) is 12.0. The third-order valence-electron chi connectivity index (χ3n) is 0.562.